The zero-order valence-corrected chi connectivity index (χ0v) is 9.06. The number of anilines is 1. The summed E-state index contributed by atoms with van der Waals surface area (Å²) in [6, 6.07) is 6.54. The van der Waals surface area contributed by atoms with E-state index in [0.29, 0.717) is 6.04 Å². The molecular weight excluding hydrogens is 196 g/mol. The van der Waals surface area contributed by atoms with Crippen molar-refractivity contribution in [1.82, 2.24) is 5.32 Å². The Kier molecular flexibility index (Phi) is 2.94. The summed E-state index contributed by atoms with van der Waals surface area (Å²) in [4.78, 5) is 0. The van der Waals surface area contributed by atoms with Gasteiger partial charge in [0.2, 0.25) is 0 Å². The number of benzene rings is 1. The van der Waals surface area contributed by atoms with Crippen molar-refractivity contribution < 1.29 is 0 Å². The van der Waals surface area contributed by atoms with Crippen LogP contribution in [0.4, 0.5) is 5.69 Å². The molecule has 76 valence electrons. The molecule has 1 heterocycles. The minimum Gasteiger partial charge on any atom is -0.383 e. The molecule has 2 N–H and O–H groups in total. The molecule has 0 saturated heterocycles. The van der Waals surface area contributed by atoms with Crippen molar-refractivity contribution in [2.45, 2.75) is 19.4 Å². The largest absolute Gasteiger partial charge is 0.383 e. The highest BCUT2D eigenvalue weighted by atomic mass is 35.5. The lowest BCUT2D eigenvalue weighted by atomic mass is 10.00. The molecule has 1 aliphatic heterocycles. The number of hydrogen-bond acceptors (Lipinski definition) is 2. The lowest BCUT2D eigenvalue weighted by molar-refractivity contribution is 0.534. The van der Waals surface area contributed by atoms with Crippen LogP contribution in [0.3, 0.4) is 0 Å². The van der Waals surface area contributed by atoms with Crippen molar-refractivity contribution >= 4 is 17.3 Å². The van der Waals surface area contributed by atoms with Crippen molar-refractivity contribution in [2.24, 2.45) is 0 Å². The Hall–Kier alpha value is -0.730. The Balaban J connectivity index is 2.20. The van der Waals surface area contributed by atoms with Crippen LogP contribution in [0, 0.1) is 0 Å². The van der Waals surface area contributed by atoms with Gasteiger partial charge in [-0.2, -0.15) is 0 Å². The summed E-state index contributed by atoms with van der Waals surface area (Å²) >= 11 is 6.14. The van der Waals surface area contributed by atoms with Crippen LogP contribution in [0.15, 0.2) is 18.2 Å². The zero-order chi connectivity index (χ0) is 9.97. The second-order valence-corrected chi connectivity index (χ2v) is 4.01. The maximum atomic E-state index is 6.14. The Morgan fingerprint density at radius 3 is 3.21 bits per heavy atom. The summed E-state index contributed by atoms with van der Waals surface area (Å²) < 4.78 is 0. The van der Waals surface area contributed by atoms with Gasteiger partial charge >= 0.3 is 0 Å². The van der Waals surface area contributed by atoms with Gasteiger partial charge in [0.1, 0.15) is 0 Å². The van der Waals surface area contributed by atoms with Gasteiger partial charge in [-0.25, -0.2) is 0 Å². The van der Waals surface area contributed by atoms with Gasteiger partial charge in [-0.15, -0.1) is 0 Å². The summed E-state index contributed by atoms with van der Waals surface area (Å²) in [6.45, 7) is 4.12. The first kappa shape index (κ1) is 9.81. The SMILES string of the molecule is CCNC1CNc2cccc(Cl)c2C1. The van der Waals surface area contributed by atoms with Crippen LogP contribution in [0.5, 0.6) is 0 Å². The zero-order valence-electron chi connectivity index (χ0n) is 8.31. The summed E-state index contributed by atoms with van der Waals surface area (Å²) in [5.41, 5.74) is 2.43. The van der Waals surface area contributed by atoms with Gasteiger partial charge in [0.15, 0.2) is 0 Å². The third-order valence-electron chi connectivity index (χ3n) is 2.60. The Bertz CT molecular complexity index is 325. The highest BCUT2D eigenvalue weighted by Crippen LogP contribution is 2.28. The summed E-state index contributed by atoms with van der Waals surface area (Å²) in [5, 5.41) is 7.70. The quantitative estimate of drug-likeness (QED) is 0.783. The van der Waals surface area contributed by atoms with Crippen molar-refractivity contribution in [3.8, 4) is 0 Å². The van der Waals surface area contributed by atoms with Gasteiger partial charge in [-0.05, 0) is 30.7 Å². The summed E-state index contributed by atoms with van der Waals surface area (Å²) in [5.74, 6) is 0. The molecule has 0 radical (unpaired) electrons. The summed E-state index contributed by atoms with van der Waals surface area (Å²) in [7, 11) is 0. The molecule has 1 aromatic carbocycles. The van der Waals surface area contributed by atoms with Crippen LogP contribution < -0.4 is 10.6 Å². The number of likely N-dealkylation sites (N-methyl/N-ethyl adjacent to an activating group) is 1. The van der Waals surface area contributed by atoms with E-state index in [0.717, 1.165) is 24.5 Å². The van der Waals surface area contributed by atoms with Gasteiger partial charge < -0.3 is 10.6 Å². The third-order valence-corrected chi connectivity index (χ3v) is 2.96. The minimum atomic E-state index is 0.507. The third kappa shape index (κ3) is 1.86. The average molecular weight is 211 g/mol. The highest BCUT2D eigenvalue weighted by Gasteiger charge is 2.18. The van der Waals surface area contributed by atoms with E-state index in [1.54, 1.807) is 0 Å². The van der Waals surface area contributed by atoms with Crippen LogP contribution in [0.25, 0.3) is 0 Å². The molecule has 0 bridgehead atoms. The molecule has 2 rings (SSSR count). The number of fused-ring (bicyclic) bond motifs is 1. The molecule has 0 spiro atoms. The number of nitrogens with one attached hydrogen (secondary N) is 2. The lowest BCUT2D eigenvalue weighted by Gasteiger charge is -2.27. The first-order valence-electron chi connectivity index (χ1n) is 5.06. The van der Waals surface area contributed by atoms with Crippen molar-refractivity contribution in [2.75, 3.05) is 18.4 Å². The highest BCUT2D eigenvalue weighted by molar-refractivity contribution is 6.31. The first-order valence-corrected chi connectivity index (χ1v) is 5.43. The van der Waals surface area contributed by atoms with Crippen molar-refractivity contribution in [3.63, 3.8) is 0 Å². The topological polar surface area (TPSA) is 24.1 Å². The van der Waals surface area contributed by atoms with E-state index >= 15 is 0 Å². The Morgan fingerprint density at radius 1 is 1.57 bits per heavy atom. The second kappa shape index (κ2) is 4.20. The molecule has 1 atom stereocenters. The molecule has 0 aromatic heterocycles. The van der Waals surface area contributed by atoms with Gasteiger partial charge in [0.05, 0.1) is 0 Å². The molecule has 3 heteroatoms. The molecule has 0 fully saturated rings. The van der Waals surface area contributed by atoms with Crippen molar-refractivity contribution in [1.29, 1.82) is 0 Å². The average Bonchev–Trinajstić information content (AvgIpc) is 2.20. The number of hydrogen-bond donors (Lipinski definition) is 2. The van der Waals surface area contributed by atoms with Crippen molar-refractivity contribution in [3.05, 3.63) is 28.8 Å². The maximum Gasteiger partial charge on any atom is 0.0459 e. The van der Waals surface area contributed by atoms with E-state index in [-0.39, 0.29) is 0 Å². The molecule has 2 nitrogen and oxygen atoms in total. The van der Waals surface area contributed by atoms with Crippen LogP contribution in [-0.4, -0.2) is 19.1 Å². The van der Waals surface area contributed by atoms with E-state index in [1.165, 1.54) is 11.3 Å². The minimum absolute atomic E-state index is 0.507. The fourth-order valence-corrected chi connectivity index (χ4v) is 2.17. The smallest absolute Gasteiger partial charge is 0.0459 e. The fraction of sp³-hybridized carbons (Fsp3) is 0.455. The monoisotopic (exact) mass is 210 g/mol. The number of rotatable bonds is 2. The predicted molar refractivity (Wildman–Crippen MR) is 61.1 cm³/mol. The van der Waals surface area contributed by atoms with Gasteiger partial charge in [-0.1, -0.05) is 24.6 Å². The normalized spacial score (nSPS) is 20.0. The first-order chi connectivity index (χ1) is 6.81. The van der Waals surface area contributed by atoms with E-state index in [9.17, 15) is 0 Å². The van der Waals surface area contributed by atoms with Crippen LogP contribution in [0.2, 0.25) is 5.02 Å². The van der Waals surface area contributed by atoms with E-state index in [2.05, 4.69) is 23.6 Å². The molecule has 1 aliphatic rings. The van der Waals surface area contributed by atoms with Gasteiger partial charge in [0.25, 0.3) is 0 Å². The Labute approximate surface area is 89.7 Å². The lowest BCUT2D eigenvalue weighted by Crippen LogP contribution is -2.40. The van der Waals surface area contributed by atoms with Crippen LogP contribution >= 0.6 is 11.6 Å². The molecular formula is C11H15ClN2. The molecule has 0 amide bonds. The molecule has 1 unspecified atom stereocenters. The molecule has 0 saturated carbocycles. The van der Waals surface area contributed by atoms with Crippen LogP contribution in [0.1, 0.15) is 12.5 Å². The molecule has 1 aromatic rings. The Morgan fingerprint density at radius 2 is 2.43 bits per heavy atom. The van der Waals surface area contributed by atoms with Gasteiger partial charge in [0, 0.05) is 23.3 Å². The molecule has 0 aliphatic carbocycles. The second-order valence-electron chi connectivity index (χ2n) is 3.61. The predicted octanol–water partition coefficient (Wildman–Crippen LogP) is 2.29. The number of halogens is 1. The fourth-order valence-electron chi connectivity index (χ4n) is 1.92. The van der Waals surface area contributed by atoms with E-state index < -0.39 is 0 Å². The maximum absolute atomic E-state index is 6.14. The van der Waals surface area contributed by atoms with E-state index in [1.807, 2.05) is 12.1 Å². The standard InChI is InChI=1S/C11H15ClN2/c1-2-13-8-6-9-10(12)4-3-5-11(9)14-7-8/h3-5,8,13-14H,2,6-7H2,1H3. The van der Waals surface area contributed by atoms with E-state index in [4.69, 9.17) is 11.6 Å². The molecule has 14 heavy (non-hydrogen) atoms. The van der Waals surface area contributed by atoms with Crippen LogP contribution in [-0.2, 0) is 6.42 Å². The van der Waals surface area contributed by atoms with Gasteiger partial charge in [-0.3, -0.25) is 0 Å². The summed E-state index contributed by atoms with van der Waals surface area (Å²) in [6.07, 6.45) is 1.02.